The maximum absolute atomic E-state index is 12.1. The third-order valence-corrected chi connectivity index (χ3v) is 2.49. The molecule has 0 aliphatic carbocycles. The molecular weight excluding hydrogens is 240 g/mol. The van der Waals surface area contributed by atoms with Crippen LogP contribution in [0.25, 0.3) is 0 Å². The highest BCUT2D eigenvalue weighted by atomic mass is 16.2. The van der Waals surface area contributed by atoms with Gasteiger partial charge in [0.15, 0.2) is 0 Å². The van der Waals surface area contributed by atoms with Crippen molar-refractivity contribution in [3.63, 3.8) is 0 Å². The lowest BCUT2D eigenvalue weighted by molar-refractivity contribution is -0.134. The SMILES string of the molecule is C=C(C)C(=O)N(NC(=O)c1ccccc1)C(C)(C)C. The number of amides is 2. The van der Waals surface area contributed by atoms with Gasteiger partial charge < -0.3 is 0 Å². The molecule has 2 amide bonds. The predicted molar refractivity (Wildman–Crippen MR) is 75.3 cm³/mol. The molecule has 19 heavy (non-hydrogen) atoms. The Kier molecular flexibility index (Phi) is 4.48. The average Bonchev–Trinajstić information content (AvgIpc) is 2.34. The summed E-state index contributed by atoms with van der Waals surface area (Å²) in [6.07, 6.45) is 0. The van der Waals surface area contributed by atoms with Gasteiger partial charge in [0.1, 0.15) is 0 Å². The lowest BCUT2D eigenvalue weighted by Crippen LogP contribution is -2.56. The maximum atomic E-state index is 12.1. The maximum Gasteiger partial charge on any atom is 0.269 e. The largest absolute Gasteiger partial charge is 0.269 e. The number of carbonyl (C=O) groups is 2. The van der Waals surface area contributed by atoms with Gasteiger partial charge >= 0.3 is 0 Å². The molecule has 0 bridgehead atoms. The monoisotopic (exact) mass is 260 g/mol. The van der Waals surface area contributed by atoms with Gasteiger partial charge in [0, 0.05) is 11.1 Å². The highest BCUT2D eigenvalue weighted by Crippen LogP contribution is 2.14. The summed E-state index contributed by atoms with van der Waals surface area (Å²) in [5.74, 6) is -0.609. The second-order valence-corrected chi connectivity index (χ2v) is 5.40. The number of benzene rings is 1. The molecule has 0 heterocycles. The molecule has 0 aromatic heterocycles. The minimum Gasteiger partial charge on any atom is -0.268 e. The normalized spacial score (nSPS) is 10.7. The summed E-state index contributed by atoms with van der Waals surface area (Å²) in [6, 6.07) is 8.77. The summed E-state index contributed by atoms with van der Waals surface area (Å²) in [7, 11) is 0. The van der Waals surface area contributed by atoms with Crippen LogP contribution in [-0.2, 0) is 4.79 Å². The van der Waals surface area contributed by atoms with Gasteiger partial charge in [-0.05, 0) is 39.8 Å². The lowest BCUT2D eigenvalue weighted by Gasteiger charge is -2.35. The Labute approximate surface area is 114 Å². The zero-order chi connectivity index (χ0) is 14.6. The van der Waals surface area contributed by atoms with E-state index in [1.165, 1.54) is 5.01 Å². The van der Waals surface area contributed by atoms with E-state index in [4.69, 9.17) is 0 Å². The smallest absolute Gasteiger partial charge is 0.268 e. The van der Waals surface area contributed by atoms with Crippen LogP contribution in [0, 0.1) is 0 Å². The fourth-order valence-corrected chi connectivity index (χ4v) is 1.47. The highest BCUT2D eigenvalue weighted by Gasteiger charge is 2.28. The van der Waals surface area contributed by atoms with Crippen LogP contribution in [0.3, 0.4) is 0 Å². The fraction of sp³-hybridized carbons (Fsp3) is 0.333. The topological polar surface area (TPSA) is 49.4 Å². The quantitative estimate of drug-likeness (QED) is 0.656. The van der Waals surface area contributed by atoms with Crippen molar-refractivity contribution in [2.45, 2.75) is 33.2 Å². The Hall–Kier alpha value is -2.10. The molecule has 4 nitrogen and oxygen atoms in total. The van der Waals surface area contributed by atoms with E-state index in [9.17, 15) is 9.59 Å². The van der Waals surface area contributed by atoms with E-state index in [1.54, 1.807) is 31.2 Å². The Morgan fingerprint density at radius 2 is 1.68 bits per heavy atom. The van der Waals surface area contributed by atoms with Crippen molar-refractivity contribution in [1.82, 2.24) is 10.4 Å². The molecule has 0 fully saturated rings. The number of nitrogens with one attached hydrogen (secondary N) is 1. The van der Waals surface area contributed by atoms with E-state index in [0.29, 0.717) is 11.1 Å². The zero-order valence-corrected chi connectivity index (χ0v) is 11.9. The lowest BCUT2D eigenvalue weighted by atomic mass is 10.1. The van der Waals surface area contributed by atoms with E-state index in [1.807, 2.05) is 26.8 Å². The first-order valence-corrected chi connectivity index (χ1v) is 6.09. The Morgan fingerprint density at radius 1 is 1.16 bits per heavy atom. The molecule has 0 radical (unpaired) electrons. The summed E-state index contributed by atoms with van der Waals surface area (Å²) in [5, 5.41) is 1.31. The van der Waals surface area contributed by atoms with Crippen molar-refractivity contribution in [3.8, 4) is 0 Å². The molecule has 0 spiro atoms. The van der Waals surface area contributed by atoms with Crippen LogP contribution in [0.5, 0.6) is 0 Å². The number of hydrogen-bond donors (Lipinski definition) is 1. The average molecular weight is 260 g/mol. The first kappa shape index (κ1) is 15.0. The number of hydrogen-bond acceptors (Lipinski definition) is 2. The molecule has 0 atom stereocenters. The summed E-state index contributed by atoms with van der Waals surface area (Å²) >= 11 is 0. The van der Waals surface area contributed by atoms with Crippen molar-refractivity contribution < 1.29 is 9.59 Å². The van der Waals surface area contributed by atoms with Crippen molar-refractivity contribution in [2.75, 3.05) is 0 Å². The zero-order valence-electron chi connectivity index (χ0n) is 11.9. The van der Waals surface area contributed by atoms with E-state index in [-0.39, 0.29) is 11.8 Å². The summed E-state index contributed by atoms with van der Waals surface area (Å²) in [5.41, 5.74) is 2.99. The van der Waals surface area contributed by atoms with Crippen molar-refractivity contribution in [3.05, 3.63) is 48.0 Å². The van der Waals surface area contributed by atoms with Crippen molar-refractivity contribution in [2.24, 2.45) is 0 Å². The molecule has 102 valence electrons. The van der Waals surface area contributed by atoms with Crippen molar-refractivity contribution >= 4 is 11.8 Å². The van der Waals surface area contributed by atoms with E-state index < -0.39 is 5.54 Å². The van der Waals surface area contributed by atoms with E-state index in [2.05, 4.69) is 12.0 Å². The molecule has 1 aromatic rings. The van der Waals surface area contributed by atoms with Crippen LogP contribution in [0.2, 0.25) is 0 Å². The number of carbonyl (C=O) groups excluding carboxylic acids is 2. The summed E-state index contributed by atoms with van der Waals surface area (Å²) in [6.45, 7) is 10.8. The van der Waals surface area contributed by atoms with Crippen LogP contribution in [-0.4, -0.2) is 22.4 Å². The van der Waals surface area contributed by atoms with Gasteiger partial charge in [0.2, 0.25) is 0 Å². The number of hydrazine groups is 1. The van der Waals surface area contributed by atoms with Crippen LogP contribution < -0.4 is 5.43 Å². The second kappa shape index (κ2) is 5.69. The Bertz CT molecular complexity index is 487. The van der Waals surface area contributed by atoms with Crippen LogP contribution >= 0.6 is 0 Å². The molecule has 0 saturated heterocycles. The Morgan fingerprint density at radius 3 is 2.11 bits per heavy atom. The van der Waals surface area contributed by atoms with Gasteiger partial charge in [-0.2, -0.15) is 0 Å². The molecule has 1 N–H and O–H groups in total. The molecule has 4 heteroatoms. The van der Waals surface area contributed by atoms with E-state index >= 15 is 0 Å². The summed E-state index contributed by atoms with van der Waals surface area (Å²) < 4.78 is 0. The van der Waals surface area contributed by atoms with Gasteiger partial charge in [0.25, 0.3) is 11.8 Å². The summed E-state index contributed by atoms with van der Waals surface area (Å²) in [4.78, 5) is 24.2. The third-order valence-electron chi connectivity index (χ3n) is 2.49. The highest BCUT2D eigenvalue weighted by molar-refractivity contribution is 5.98. The minimum atomic E-state index is -0.527. The van der Waals surface area contributed by atoms with Gasteiger partial charge in [-0.1, -0.05) is 24.8 Å². The molecule has 0 aliphatic heterocycles. The standard InChI is InChI=1S/C15H20N2O2/c1-11(2)14(19)17(15(3,4)5)16-13(18)12-9-7-6-8-10-12/h6-10H,1H2,2-5H3,(H,16,18). The predicted octanol–water partition coefficient (Wildman–Crippen LogP) is 2.53. The first-order chi connectivity index (χ1) is 8.73. The van der Waals surface area contributed by atoms with Crippen LogP contribution in [0.4, 0.5) is 0 Å². The molecule has 0 unspecified atom stereocenters. The van der Waals surface area contributed by atoms with Gasteiger partial charge in [-0.15, -0.1) is 0 Å². The third kappa shape index (κ3) is 3.95. The molecule has 0 aliphatic rings. The van der Waals surface area contributed by atoms with Crippen molar-refractivity contribution in [1.29, 1.82) is 0 Å². The Balaban J connectivity index is 2.94. The number of rotatable bonds is 2. The van der Waals surface area contributed by atoms with E-state index in [0.717, 1.165) is 0 Å². The van der Waals surface area contributed by atoms with Gasteiger partial charge in [-0.3, -0.25) is 15.0 Å². The van der Waals surface area contributed by atoms with Crippen LogP contribution in [0.1, 0.15) is 38.1 Å². The molecule has 0 saturated carbocycles. The molecule has 1 aromatic carbocycles. The molecule has 1 rings (SSSR count). The second-order valence-electron chi connectivity index (χ2n) is 5.40. The van der Waals surface area contributed by atoms with Crippen LogP contribution in [0.15, 0.2) is 42.5 Å². The molecular formula is C15H20N2O2. The fourth-order valence-electron chi connectivity index (χ4n) is 1.47. The van der Waals surface area contributed by atoms with Gasteiger partial charge in [0.05, 0.1) is 5.54 Å². The van der Waals surface area contributed by atoms with Gasteiger partial charge in [-0.25, -0.2) is 5.01 Å². The number of nitrogens with zero attached hydrogens (tertiary/aromatic N) is 1. The first-order valence-electron chi connectivity index (χ1n) is 6.09. The minimum absolute atomic E-state index is 0.295.